The van der Waals surface area contributed by atoms with Crippen LogP contribution in [0.5, 0.6) is 0 Å². The fourth-order valence-corrected chi connectivity index (χ4v) is 3.82. The van der Waals surface area contributed by atoms with Crippen LogP contribution in [0.1, 0.15) is 39.5 Å². The molecule has 5 nitrogen and oxygen atoms in total. The molecule has 136 valence electrons. The Labute approximate surface area is 159 Å². The third-order valence-electron chi connectivity index (χ3n) is 5.24. The summed E-state index contributed by atoms with van der Waals surface area (Å²) in [6.07, 6.45) is 5.32. The highest BCUT2D eigenvalue weighted by Gasteiger charge is 2.23. The molecule has 2 aliphatic rings. The minimum Gasteiger partial charge on any atom is -0.356 e. The van der Waals surface area contributed by atoms with Gasteiger partial charge in [-0.15, -0.1) is 24.0 Å². The number of halogens is 1. The molecule has 2 atom stereocenters. The highest BCUT2D eigenvalue weighted by Crippen LogP contribution is 2.16. The largest absolute Gasteiger partial charge is 0.356 e. The van der Waals surface area contributed by atoms with E-state index in [0.29, 0.717) is 6.04 Å². The minimum absolute atomic E-state index is 0. The average molecular weight is 437 g/mol. The molecule has 0 amide bonds. The molecule has 0 radical (unpaired) electrons. The number of guanidine groups is 1. The van der Waals surface area contributed by atoms with E-state index in [9.17, 15) is 0 Å². The van der Waals surface area contributed by atoms with Crippen molar-refractivity contribution in [2.24, 2.45) is 10.9 Å². The molecule has 0 aromatic heterocycles. The maximum Gasteiger partial charge on any atom is 0.191 e. The average Bonchev–Trinajstić information content (AvgIpc) is 3.02. The third kappa shape index (κ3) is 6.74. The normalized spacial score (nSPS) is 26.8. The Bertz CT molecular complexity index is 350. The summed E-state index contributed by atoms with van der Waals surface area (Å²) < 4.78 is 0. The number of likely N-dealkylation sites (N-methyl/N-ethyl adjacent to an activating group) is 1. The maximum absolute atomic E-state index is 4.39. The smallest absolute Gasteiger partial charge is 0.191 e. The first kappa shape index (κ1) is 21.0. The fourth-order valence-electron chi connectivity index (χ4n) is 3.82. The Hall–Kier alpha value is -0.0800. The van der Waals surface area contributed by atoms with Gasteiger partial charge in [-0.25, -0.2) is 0 Å². The predicted octanol–water partition coefficient (Wildman–Crippen LogP) is 1.99. The van der Waals surface area contributed by atoms with Crippen LogP contribution in [-0.2, 0) is 0 Å². The van der Waals surface area contributed by atoms with E-state index >= 15 is 0 Å². The van der Waals surface area contributed by atoms with Crippen LogP contribution in [0.15, 0.2) is 4.99 Å². The van der Waals surface area contributed by atoms with Gasteiger partial charge in [0.05, 0.1) is 0 Å². The van der Waals surface area contributed by atoms with E-state index < -0.39 is 0 Å². The summed E-state index contributed by atoms with van der Waals surface area (Å²) in [6, 6.07) is 0.675. The minimum atomic E-state index is 0. The van der Waals surface area contributed by atoms with E-state index in [4.69, 9.17) is 0 Å². The van der Waals surface area contributed by atoms with Crippen molar-refractivity contribution in [3.8, 4) is 0 Å². The number of likely N-dealkylation sites (tertiary alicyclic amines) is 2. The lowest BCUT2D eigenvalue weighted by Gasteiger charge is -2.32. The molecular formula is C17H36IN5. The second-order valence-electron chi connectivity index (χ2n) is 6.66. The van der Waals surface area contributed by atoms with Gasteiger partial charge in [0.1, 0.15) is 0 Å². The van der Waals surface area contributed by atoms with Crippen LogP contribution in [0.25, 0.3) is 0 Å². The van der Waals surface area contributed by atoms with E-state index in [2.05, 4.69) is 39.3 Å². The monoisotopic (exact) mass is 437 g/mol. The molecule has 2 fully saturated rings. The van der Waals surface area contributed by atoms with E-state index in [1.165, 1.54) is 51.9 Å². The molecule has 0 aliphatic carbocycles. The molecule has 23 heavy (non-hydrogen) atoms. The molecule has 0 spiro atoms. The Morgan fingerprint density at radius 2 is 1.78 bits per heavy atom. The molecular weight excluding hydrogens is 401 g/mol. The number of rotatable bonds is 6. The Morgan fingerprint density at radius 3 is 2.48 bits per heavy atom. The van der Waals surface area contributed by atoms with Gasteiger partial charge in [0.2, 0.25) is 0 Å². The number of hydrogen-bond acceptors (Lipinski definition) is 3. The van der Waals surface area contributed by atoms with Crippen molar-refractivity contribution in [3.63, 3.8) is 0 Å². The lowest BCUT2D eigenvalue weighted by Crippen LogP contribution is -2.47. The van der Waals surface area contributed by atoms with Crippen LogP contribution < -0.4 is 10.6 Å². The number of hydrogen-bond donors (Lipinski definition) is 2. The van der Waals surface area contributed by atoms with Crippen molar-refractivity contribution in [2.45, 2.75) is 45.6 Å². The van der Waals surface area contributed by atoms with Crippen LogP contribution >= 0.6 is 24.0 Å². The summed E-state index contributed by atoms with van der Waals surface area (Å²) in [4.78, 5) is 9.51. The summed E-state index contributed by atoms with van der Waals surface area (Å²) in [5, 5.41) is 7.06. The SMILES string of the molecule is CCN1CCCC(CNC(=NC)NCC2CCCN2CC)C1.I. The molecule has 6 heteroatoms. The summed E-state index contributed by atoms with van der Waals surface area (Å²) in [7, 11) is 1.88. The molecule has 2 aliphatic heterocycles. The lowest BCUT2D eigenvalue weighted by molar-refractivity contribution is 0.183. The van der Waals surface area contributed by atoms with Crippen LogP contribution in [-0.4, -0.2) is 74.7 Å². The van der Waals surface area contributed by atoms with Crippen LogP contribution in [0.4, 0.5) is 0 Å². The molecule has 2 heterocycles. The Morgan fingerprint density at radius 1 is 1.04 bits per heavy atom. The van der Waals surface area contributed by atoms with E-state index in [1.807, 2.05) is 7.05 Å². The van der Waals surface area contributed by atoms with Gasteiger partial charge in [-0.05, 0) is 57.8 Å². The number of nitrogens with one attached hydrogen (secondary N) is 2. The third-order valence-corrected chi connectivity index (χ3v) is 5.24. The van der Waals surface area contributed by atoms with Crippen LogP contribution in [0, 0.1) is 5.92 Å². The van der Waals surface area contributed by atoms with Crippen molar-refractivity contribution < 1.29 is 0 Å². The number of aliphatic imine (C=N–C) groups is 1. The van der Waals surface area contributed by atoms with Crippen molar-refractivity contribution in [3.05, 3.63) is 0 Å². The van der Waals surface area contributed by atoms with E-state index in [-0.39, 0.29) is 24.0 Å². The van der Waals surface area contributed by atoms with Crippen LogP contribution in [0.3, 0.4) is 0 Å². The molecule has 0 aromatic rings. The summed E-state index contributed by atoms with van der Waals surface area (Å²) >= 11 is 0. The molecule has 0 saturated carbocycles. The first-order valence-corrected chi connectivity index (χ1v) is 9.17. The number of piperidine rings is 1. The summed E-state index contributed by atoms with van der Waals surface area (Å²) in [6.45, 7) is 12.7. The van der Waals surface area contributed by atoms with Crippen molar-refractivity contribution in [2.75, 3.05) is 52.9 Å². The van der Waals surface area contributed by atoms with Gasteiger partial charge in [-0.1, -0.05) is 13.8 Å². The molecule has 0 aromatic carbocycles. The summed E-state index contributed by atoms with van der Waals surface area (Å²) in [5.41, 5.74) is 0. The summed E-state index contributed by atoms with van der Waals surface area (Å²) in [5.74, 6) is 1.72. The molecule has 2 unspecified atom stereocenters. The van der Waals surface area contributed by atoms with Crippen molar-refractivity contribution in [1.82, 2.24) is 20.4 Å². The molecule has 2 rings (SSSR count). The number of nitrogens with zero attached hydrogens (tertiary/aromatic N) is 3. The van der Waals surface area contributed by atoms with Gasteiger partial charge in [-0.3, -0.25) is 9.89 Å². The van der Waals surface area contributed by atoms with Gasteiger partial charge in [0.25, 0.3) is 0 Å². The highest BCUT2D eigenvalue weighted by atomic mass is 127. The van der Waals surface area contributed by atoms with Crippen LogP contribution in [0.2, 0.25) is 0 Å². The predicted molar refractivity (Wildman–Crippen MR) is 110 cm³/mol. The Kier molecular flexibility index (Phi) is 10.5. The van der Waals surface area contributed by atoms with Gasteiger partial charge < -0.3 is 15.5 Å². The van der Waals surface area contributed by atoms with Gasteiger partial charge in [0, 0.05) is 32.7 Å². The highest BCUT2D eigenvalue weighted by molar-refractivity contribution is 14.0. The zero-order chi connectivity index (χ0) is 15.8. The topological polar surface area (TPSA) is 42.9 Å². The first-order chi connectivity index (χ1) is 10.8. The second-order valence-corrected chi connectivity index (χ2v) is 6.66. The van der Waals surface area contributed by atoms with Crippen molar-refractivity contribution in [1.29, 1.82) is 0 Å². The lowest BCUT2D eigenvalue weighted by atomic mass is 9.98. The van der Waals surface area contributed by atoms with Gasteiger partial charge in [-0.2, -0.15) is 0 Å². The zero-order valence-corrected chi connectivity index (χ0v) is 17.5. The first-order valence-electron chi connectivity index (χ1n) is 9.17. The Balaban J connectivity index is 0.00000264. The van der Waals surface area contributed by atoms with Gasteiger partial charge >= 0.3 is 0 Å². The van der Waals surface area contributed by atoms with E-state index in [1.54, 1.807) is 0 Å². The van der Waals surface area contributed by atoms with E-state index in [0.717, 1.165) is 31.5 Å². The quantitative estimate of drug-likeness (QED) is 0.379. The van der Waals surface area contributed by atoms with Crippen molar-refractivity contribution >= 4 is 29.9 Å². The standard InChI is InChI=1S/C17H35N5.HI/c1-4-21-10-6-8-15(14-21)12-19-17(18-3)20-13-16-9-7-11-22(16)5-2;/h15-16H,4-14H2,1-3H3,(H2,18,19,20);1H. The van der Waals surface area contributed by atoms with Gasteiger partial charge in [0.15, 0.2) is 5.96 Å². The fraction of sp³-hybridized carbons (Fsp3) is 0.941. The maximum atomic E-state index is 4.39. The molecule has 2 saturated heterocycles. The zero-order valence-electron chi connectivity index (χ0n) is 15.2. The molecule has 0 bridgehead atoms. The molecule has 2 N–H and O–H groups in total. The second kappa shape index (κ2) is 11.5.